The number of rotatable bonds is 5. The van der Waals surface area contributed by atoms with Crippen LogP contribution in [0, 0.1) is 5.92 Å². The van der Waals surface area contributed by atoms with E-state index in [0.717, 1.165) is 17.1 Å². The van der Waals surface area contributed by atoms with Gasteiger partial charge in [0.15, 0.2) is 0 Å². The third kappa shape index (κ3) is 2.57. The molecule has 0 spiro atoms. The summed E-state index contributed by atoms with van der Waals surface area (Å²) in [6.07, 6.45) is 2.92. The average molecular weight is 264 g/mol. The van der Waals surface area contributed by atoms with E-state index in [9.17, 15) is 0 Å². The van der Waals surface area contributed by atoms with Crippen molar-refractivity contribution in [3.63, 3.8) is 0 Å². The van der Waals surface area contributed by atoms with Gasteiger partial charge in [-0.05, 0) is 48.2 Å². The summed E-state index contributed by atoms with van der Waals surface area (Å²) in [6, 6.07) is 6.14. The lowest BCUT2D eigenvalue weighted by molar-refractivity contribution is 0.889. The lowest BCUT2D eigenvalue weighted by Crippen LogP contribution is -2.05. The number of benzene rings is 1. The van der Waals surface area contributed by atoms with Crippen LogP contribution in [0.3, 0.4) is 0 Å². The second-order valence-corrected chi connectivity index (χ2v) is 4.94. The van der Waals surface area contributed by atoms with Gasteiger partial charge < -0.3 is 11.1 Å². The topological polar surface area (TPSA) is 50.4 Å². The maximum absolute atomic E-state index is 6.08. The van der Waals surface area contributed by atoms with E-state index in [0.29, 0.717) is 18.4 Å². The van der Waals surface area contributed by atoms with E-state index in [1.165, 1.54) is 11.1 Å². The third-order valence-electron chi connectivity index (χ3n) is 3.45. The molecule has 3 nitrogen and oxygen atoms in total. The van der Waals surface area contributed by atoms with Crippen molar-refractivity contribution in [3.8, 4) is 0 Å². The van der Waals surface area contributed by atoms with Crippen LogP contribution in [0.1, 0.15) is 17.9 Å². The Balaban J connectivity index is 2.16. The van der Waals surface area contributed by atoms with Crippen molar-refractivity contribution in [1.82, 2.24) is 0 Å². The highest BCUT2D eigenvalue weighted by molar-refractivity contribution is 6.33. The van der Waals surface area contributed by atoms with E-state index in [2.05, 4.69) is 29.2 Å². The van der Waals surface area contributed by atoms with Crippen LogP contribution in [0.5, 0.6) is 0 Å². The fourth-order valence-electron chi connectivity index (χ4n) is 2.36. The van der Waals surface area contributed by atoms with Crippen LogP contribution in [0.2, 0.25) is 5.02 Å². The van der Waals surface area contributed by atoms with Crippen LogP contribution in [0.4, 0.5) is 5.69 Å². The first-order valence-electron chi connectivity index (χ1n) is 6.03. The minimum atomic E-state index is 0.506. The molecule has 1 aliphatic carbocycles. The maximum atomic E-state index is 6.08. The summed E-state index contributed by atoms with van der Waals surface area (Å²) in [5.41, 5.74) is 9.18. The third-order valence-corrected chi connectivity index (χ3v) is 3.78. The second kappa shape index (κ2) is 5.55. The number of halogens is 1. The van der Waals surface area contributed by atoms with Crippen molar-refractivity contribution in [2.75, 3.05) is 18.9 Å². The molecule has 3 N–H and O–H groups in total. The molecular formula is C14H18ClN3. The zero-order valence-electron chi connectivity index (χ0n) is 10.5. The molecule has 2 atom stereocenters. The van der Waals surface area contributed by atoms with Crippen LogP contribution in [-0.2, 0) is 0 Å². The van der Waals surface area contributed by atoms with Gasteiger partial charge in [-0.2, -0.15) is 0 Å². The van der Waals surface area contributed by atoms with Gasteiger partial charge in [0, 0.05) is 19.8 Å². The van der Waals surface area contributed by atoms with Gasteiger partial charge in [0.2, 0.25) is 0 Å². The molecule has 1 aromatic carbocycles. The van der Waals surface area contributed by atoms with E-state index in [1.54, 1.807) is 6.20 Å². The summed E-state index contributed by atoms with van der Waals surface area (Å²) in [4.78, 5) is 3.82. The zero-order chi connectivity index (χ0) is 13.1. The van der Waals surface area contributed by atoms with Crippen molar-refractivity contribution in [3.05, 3.63) is 40.6 Å². The summed E-state index contributed by atoms with van der Waals surface area (Å²) in [7, 11) is 1.88. The van der Waals surface area contributed by atoms with Crippen molar-refractivity contribution in [1.29, 1.82) is 0 Å². The Labute approximate surface area is 113 Å². The zero-order valence-corrected chi connectivity index (χ0v) is 11.2. The predicted molar refractivity (Wildman–Crippen MR) is 78.5 cm³/mol. The Kier molecular flexibility index (Phi) is 4.04. The second-order valence-electron chi connectivity index (χ2n) is 4.53. The van der Waals surface area contributed by atoms with Gasteiger partial charge in [0.25, 0.3) is 0 Å². The van der Waals surface area contributed by atoms with E-state index in [1.807, 2.05) is 13.1 Å². The number of anilines is 1. The van der Waals surface area contributed by atoms with Crippen molar-refractivity contribution >= 4 is 24.0 Å². The Morgan fingerprint density at radius 1 is 1.67 bits per heavy atom. The summed E-state index contributed by atoms with van der Waals surface area (Å²) in [5, 5.41) is 3.85. The first-order valence-corrected chi connectivity index (χ1v) is 6.41. The summed E-state index contributed by atoms with van der Waals surface area (Å²) >= 11 is 6.08. The standard InChI is InChI=1S/C14H18ClN3/c1-17-8-10(7-16)12-6-11(12)9-3-4-13(15)14(5-9)18-2/h3-5,8,11-12,18H,1,6-7,16H2,2H3/b10-8+. The number of nitrogens with zero attached hydrogens (tertiary/aromatic N) is 1. The molecule has 4 heteroatoms. The van der Waals surface area contributed by atoms with Gasteiger partial charge in [-0.1, -0.05) is 17.7 Å². The highest BCUT2D eigenvalue weighted by atomic mass is 35.5. The largest absolute Gasteiger partial charge is 0.387 e. The van der Waals surface area contributed by atoms with Crippen molar-refractivity contribution < 1.29 is 0 Å². The van der Waals surface area contributed by atoms with Crippen LogP contribution in [0.15, 0.2) is 35.0 Å². The molecule has 1 fully saturated rings. The van der Waals surface area contributed by atoms with E-state index < -0.39 is 0 Å². The lowest BCUT2D eigenvalue weighted by atomic mass is 10.0. The van der Waals surface area contributed by atoms with Gasteiger partial charge in [-0.3, -0.25) is 4.99 Å². The highest BCUT2D eigenvalue weighted by Crippen LogP contribution is 2.52. The van der Waals surface area contributed by atoms with E-state index >= 15 is 0 Å². The quantitative estimate of drug-likeness (QED) is 0.803. The van der Waals surface area contributed by atoms with Crippen LogP contribution in [-0.4, -0.2) is 20.3 Å². The van der Waals surface area contributed by atoms with Gasteiger partial charge in [-0.25, -0.2) is 0 Å². The molecule has 1 aromatic rings. The molecule has 0 radical (unpaired) electrons. The lowest BCUT2D eigenvalue weighted by Gasteiger charge is -2.07. The smallest absolute Gasteiger partial charge is 0.0637 e. The van der Waals surface area contributed by atoms with E-state index in [-0.39, 0.29) is 0 Å². The molecule has 0 saturated heterocycles. The number of hydrogen-bond acceptors (Lipinski definition) is 3. The van der Waals surface area contributed by atoms with Crippen LogP contribution in [0.25, 0.3) is 0 Å². The van der Waals surface area contributed by atoms with Crippen molar-refractivity contribution in [2.45, 2.75) is 12.3 Å². The molecule has 18 heavy (non-hydrogen) atoms. The van der Waals surface area contributed by atoms with Gasteiger partial charge in [0.1, 0.15) is 0 Å². The van der Waals surface area contributed by atoms with Gasteiger partial charge in [-0.15, -0.1) is 0 Å². The van der Waals surface area contributed by atoms with Gasteiger partial charge in [0.05, 0.1) is 10.7 Å². The highest BCUT2D eigenvalue weighted by Gasteiger charge is 2.40. The molecule has 2 unspecified atom stereocenters. The maximum Gasteiger partial charge on any atom is 0.0637 e. The van der Waals surface area contributed by atoms with Crippen LogP contribution >= 0.6 is 11.6 Å². The molecular weight excluding hydrogens is 246 g/mol. The fourth-order valence-corrected chi connectivity index (χ4v) is 2.57. The van der Waals surface area contributed by atoms with Crippen molar-refractivity contribution in [2.24, 2.45) is 16.6 Å². The summed E-state index contributed by atoms with van der Waals surface area (Å²) in [5.74, 6) is 1.04. The molecule has 2 rings (SSSR count). The number of nitrogens with two attached hydrogens (primary N) is 1. The number of nitrogens with one attached hydrogen (secondary N) is 1. The number of aliphatic imine (C=N–C) groups is 1. The predicted octanol–water partition coefficient (Wildman–Crippen LogP) is 3.03. The van der Waals surface area contributed by atoms with Crippen LogP contribution < -0.4 is 11.1 Å². The molecule has 0 aliphatic heterocycles. The Hall–Kier alpha value is -1.32. The first kappa shape index (κ1) is 13.1. The molecule has 1 aliphatic rings. The molecule has 0 bridgehead atoms. The van der Waals surface area contributed by atoms with Gasteiger partial charge >= 0.3 is 0 Å². The fraction of sp³-hybridized carbons (Fsp3) is 0.357. The molecule has 0 heterocycles. The minimum absolute atomic E-state index is 0.506. The average Bonchev–Trinajstić information content (AvgIpc) is 3.16. The SMILES string of the molecule is C=N/C=C(\CN)C1CC1c1ccc(Cl)c(NC)c1. The molecule has 0 amide bonds. The normalized spacial score (nSPS) is 22.7. The molecule has 1 saturated carbocycles. The monoisotopic (exact) mass is 263 g/mol. The summed E-state index contributed by atoms with van der Waals surface area (Å²) < 4.78 is 0. The Morgan fingerprint density at radius 3 is 3.06 bits per heavy atom. The first-order chi connectivity index (χ1) is 8.71. The Bertz CT molecular complexity index is 482. The minimum Gasteiger partial charge on any atom is -0.387 e. The summed E-state index contributed by atoms with van der Waals surface area (Å²) in [6.45, 7) is 4.03. The molecule has 0 aromatic heterocycles. The number of hydrogen-bond donors (Lipinski definition) is 2. The van der Waals surface area contributed by atoms with E-state index in [4.69, 9.17) is 17.3 Å². The Morgan fingerprint density at radius 2 is 2.44 bits per heavy atom. The molecule has 96 valence electrons.